The first-order valence-corrected chi connectivity index (χ1v) is 3.82. The van der Waals surface area contributed by atoms with Crippen molar-refractivity contribution in [3.63, 3.8) is 0 Å². The van der Waals surface area contributed by atoms with Gasteiger partial charge in [-0.05, 0) is 0 Å². The summed E-state index contributed by atoms with van der Waals surface area (Å²) < 4.78 is 24.7. The molecule has 0 saturated heterocycles. The number of hydrogen-bond acceptors (Lipinski definition) is 2. The first-order chi connectivity index (χ1) is 6.54. The van der Waals surface area contributed by atoms with Crippen LogP contribution >= 0.6 is 0 Å². The van der Waals surface area contributed by atoms with E-state index in [1.807, 2.05) is 0 Å². The van der Waals surface area contributed by atoms with Crippen LogP contribution in [-0.2, 0) is 4.79 Å². The number of halogens is 2. The lowest BCUT2D eigenvalue weighted by Crippen LogP contribution is -2.12. The predicted octanol–water partition coefficient (Wildman–Crippen LogP) is 1.74. The molecule has 0 amide bonds. The highest BCUT2D eigenvalue weighted by Gasteiger charge is 2.22. The van der Waals surface area contributed by atoms with Crippen LogP contribution in [-0.4, -0.2) is 16.2 Å². The van der Waals surface area contributed by atoms with Gasteiger partial charge in [-0.1, -0.05) is 24.3 Å². The molecule has 1 aromatic rings. The van der Waals surface area contributed by atoms with Crippen LogP contribution in [0.15, 0.2) is 24.3 Å². The Bertz CT molecular complexity index is 339. The quantitative estimate of drug-likeness (QED) is 0.784. The molecule has 0 bridgehead atoms. The second-order valence-electron chi connectivity index (χ2n) is 2.67. The third-order valence-corrected chi connectivity index (χ3v) is 1.76. The smallest absolute Gasteiger partial charge is 0.337 e. The Hall–Kier alpha value is -1.49. The molecule has 1 rings (SSSR count). The molecule has 0 aromatic heterocycles. The van der Waals surface area contributed by atoms with E-state index in [4.69, 9.17) is 10.2 Å². The van der Waals surface area contributed by atoms with E-state index in [0.29, 0.717) is 0 Å². The molecular formula is C9H8F2O3. The van der Waals surface area contributed by atoms with E-state index in [0.717, 1.165) is 6.07 Å². The predicted molar refractivity (Wildman–Crippen MR) is 44.0 cm³/mol. The zero-order valence-electron chi connectivity index (χ0n) is 7.02. The zero-order valence-corrected chi connectivity index (χ0v) is 7.02. The summed E-state index contributed by atoms with van der Waals surface area (Å²) in [6, 6.07) is 5.01. The molecule has 0 saturated carbocycles. The Labute approximate surface area is 78.6 Å². The normalized spacial score (nSPS) is 12.9. The Morgan fingerprint density at radius 1 is 1.21 bits per heavy atom. The maximum Gasteiger partial charge on any atom is 0.337 e. The summed E-state index contributed by atoms with van der Waals surface area (Å²) in [6.45, 7) is 0. The summed E-state index contributed by atoms with van der Waals surface area (Å²) in [5.41, 5.74) is -0.725. The molecule has 0 radical (unpaired) electrons. The van der Waals surface area contributed by atoms with Crippen molar-refractivity contribution in [2.75, 3.05) is 0 Å². The Kier molecular flexibility index (Phi) is 3.14. The number of rotatable bonds is 3. The van der Waals surface area contributed by atoms with Gasteiger partial charge in [0.25, 0.3) is 6.43 Å². The maximum atomic E-state index is 12.3. The van der Waals surface area contributed by atoms with E-state index >= 15 is 0 Å². The fraction of sp³-hybridized carbons (Fsp3) is 0.222. The molecule has 0 aliphatic carbocycles. The summed E-state index contributed by atoms with van der Waals surface area (Å²) in [5.74, 6) is -1.54. The average Bonchev–Trinajstić information content (AvgIpc) is 2.16. The standard InChI is InChI=1S/C9H8F2O3/c10-8(11)6-4-2-1-3-5(6)7(12)9(13)14/h1-4,7-8,12H,(H,13,14). The van der Waals surface area contributed by atoms with Crippen LogP contribution in [0.4, 0.5) is 8.78 Å². The average molecular weight is 202 g/mol. The molecule has 0 fully saturated rings. The molecule has 2 N–H and O–H groups in total. The van der Waals surface area contributed by atoms with Crippen LogP contribution in [0.3, 0.4) is 0 Å². The lowest BCUT2D eigenvalue weighted by Gasteiger charge is -2.10. The number of carboxylic acids is 1. The summed E-state index contributed by atoms with van der Waals surface area (Å²) >= 11 is 0. The van der Waals surface area contributed by atoms with Crippen molar-refractivity contribution in [1.29, 1.82) is 0 Å². The van der Waals surface area contributed by atoms with Crippen LogP contribution in [0, 0.1) is 0 Å². The number of benzene rings is 1. The molecule has 1 unspecified atom stereocenters. The fourth-order valence-corrected chi connectivity index (χ4v) is 1.09. The van der Waals surface area contributed by atoms with E-state index in [-0.39, 0.29) is 5.56 Å². The van der Waals surface area contributed by atoms with E-state index in [1.165, 1.54) is 18.2 Å². The van der Waals surface area contributed by atoms with Crippen LogP contribution in [0.5, 0.6) is 0 Å². The van der Waals surface area contributed by atoms with Gasteiger partial charge < -0.3 is 10.2 Å². The lowest BCUT2D eigenvalue weighted by molar-refractivity contribution is -0.147. The van der Waals surface area contributed by atoms with Crippen LogP contribution < -0.4 is 0 Å². The Morgan fingerprint density at radius 3 is 2.14 bits per heavy atom. The second kappa shape index (κ2) is 4.15. The van der Waals surface area contributed by atoms with Gasteiger partial charge in [-0.15, -0.1) is 0 Å². The van der Waals surface area contributed by atoms with Gasteiger partial charge in [0, 0.05) is 11.1 Å². The van der Waals surface area contributed by atoms with Crippen LogP contribution in [0.25, 0.3) is 0 Å². The Balaban J connectivity index is 3.13. The topological polar surface area (TPSA) is 57.5 Å². The first-order valence-electron chi connectivity index (χ1n) is 3.82. The SMILES string of the molecule is O=C(O)C(O)c1ccccc1C(F)F. The minimum atomic E-state index is -2.79. The van der Waals surface area contributed by atoms with Crippen molar-refractivity contribution >= 4 is 5.97 Å². The van der Waals surface area contributed by atoms with E-state index in [9.17, 15) is 13.6 Å². The van der Waals surface area contributed by atoms with Gasteiger partial charge in [0.05, 0.1) is 0 Å². The lowest BCUT2D eigenvalue weighted by atomic mass is 10.0. The highest BCUT2D eigenvalue weighted by atomic mass is 19.3. The number of aliphatic hydroxyl groups is 1. The molecule has 0 spiro atoms. The molecule has 1 aromatic carbocycles. The summed E-state index contributed by atoms with van der Waals surface area (Å²) in [6.07, 6.45) is -4.69. The number of aliphatic carboxylic acids is 1. The molecule has 1 atom stereocenters. The number of aliphatic hydroxyl groups excluding tert-OH is 1. The third-order valence-electron chi connectivity index (χ3n) is 1.76. The molecule has 76 valence electrons. The van der Waals surface area contributed by atoms with Crippen molar-refractivity contribution in [2.45, 2.75) is 12.5 Å². The van der Waals surface area contributed by atoms with Crippen molar-refractivity contribution in [2.24, 2.45) is 0 Å². The molecular weight excluding hydrogens is 194 g/mol. The summed E-state index contributed by atoms with van der Waals surface area (Å²) in [5, 5.41) is 17.5. The molecule has 14 heavy (non-hydrogen) atoms. The van der Waals surface area contributed by atoms with Crippen molar-refractivity contribution in [3.05, 3.63) is 35.4 Å². The van der Waals surface area contributed by atoms with Gasteiger partial charge in [-0.2, -0.15) is 0 Å². The molecule has 0 aliphatic heterocycles. The summed E-state index contributed by atoms with van der Waals surface area (Å²) in [7, 11) is 0. The van der Waals surface area contributed by atoms with Crippen LogP contribution in [0.2, 0.25) is 0 Å². The van der Waals surface area contributed by atoms with Crippen LogP contribution in [0.1, 0.15) is 23.7 Å². The minimum Gasteiger partial charge on any atom is -0.479 e. The summed E-state index contributed by atoms with van der Waals surface area (Å²) in [4.78, 5) is 10.4. The minimum absolute atomic E-state index is 0.269. The van der Waals surface area contributed by atoms with E-state index in [1.54, 1.807) is 0 Å². The number of alkyl halides is 2. The highest BCUT2D eigenvalue weighted by Crippen LogP contribution is 2.27. The van der Waals surface area contributed by atoms with Gasteiger partial charge in [-0.25, -0.2) is 13.6 Å². The monoisotopic (exact) mass is 202 g/mol. The number of carbonyl (C=O) groups is 1. The van der Waals surface area contributed by atoms with Gasteiger partial charge in [0.1, 0.15) is 0 Å². The molecule has 0 aliphatic rings. The van der Waals surface area contributed by atoms with Crippen molar-refractivity contribution < 1.29 is 23.8 Å². The largest absolute Gasteiger partial charge is 0.479 e. The molecule has 3 nitrogen and oxygen atoms in total. The van der Waals surface area contributed by atoms with E-state index in [2.05, 4.69) is 0 Å². The van der Waals surface area contributed by atoms with Gasteiger partial charge in [0.2, 0.25) is 0 Å². The second-order valence-corrected chi connectivity index (χ2v) is 2.67. The first kappa shape index (κ1) is 10.6. The molecule has 5 heteroatoms. The highest BCUT2D eigenvalue weighted by molar-refractivity contribution is 5.74. The fourth-order valence-electron chi connectivity index (χ4n) is 1.09. The number of carboxylic acid groups (broad SMARTS) is 1. The van der Waals surface area contributed by atoms with Crippen molar-refractivity contribution in [1.82, 2.24) is 0 Å². The van der Waals surface area contributed by atoms with E-state index < -0.39 is 24.1 Å². The van der Waals surface area contributed by atoms with Crippen molar-refractivity contribution in [3.8, 4) is 0 Å². The van der Waals surface area contributed by atoms with Gasteiger partial charge in [-0.3, -0.25) is 0 Å². The number of hydrogen-bond donors (Lipinski definition) is 2. The van der Waals surface area contributed by atoms with Gasteiger partial charge >= 0.3 is 5.97 Å². The van der Waals surface area contributed by atoms with Gasteiger partial charge in [0.15, 0.2) is 6.10 Å². The third kappa shape index (κ3) is 2.05. The Morgan fingerprint density at radius 2 is 1.71 bits per heavy atom. The molecule has 0 heterocycles. The zero-order chi connectivity index (χ0) is 10.7. The maximum absolute atomic E-state index is 12.3.